The predicted octanol–water partition coefficient (Wildman–Crippen LogP) is 8.14. The number of rotatable bonds is 17. The molecule has 0 unspecified atom stereocenters. The van der Waals surface area contributed by atoms with E-state index >= 15 is 0 Å². The minimum atomic E-state index is -3.12. The van der Waals surface area contributed by atoms with Crippen molar-refractivity contribution >= 4 is 30.6 Å². The number of carbonyl (C=O) groups is 2. The van der Waals surface area contributed by atoms with Crippen LogP contribution in [0.4, 0.5) is 0 Å². The van der Waals surface area contributed by atoms with Crippen molar-refractivity contribution in [1.82, 2.24) is 0 Å². The molecule has 5 aromatic carbocycles. The zero-order chi connectivity index (χ0) is 51.2. The van der Waals surface area contributed by atoms with Crippen LogP contribution in [0, 0.1) is 0 Å². The molecule has 0 radical (unpaired) electrons. The Hall–Kier alpha value is -5.14. The van der Waals surface area contributed by atoms with Gasteiger partial charge in [0, 0.05) is 34.2 Å². The molecule has 4 fully saturated rings. The molecule has 12 atom stereocenters. The molecule has 5 aromatic rings. The van der Waals surface area contributed by atoms with E-state index in [0.717, 1.165) is 28.8 Å². The largest absolute Gasteiger partial charge is 0.453 e. The molecule has 0 N–H and O–H groups in total. The summed E-state index contributed by atoms with van der Waals surface area (Å²) >= 11 is 0. The minimum Gasteiger partial charge on any atom is -0.453 e. The van der Waals surface area contributed by atoms with E-state index in [4.69, 9.17) is 56.5 Å². The fraction of sp³-hybridized carbons (Fsp3) is 0.448. The Morgan fingerprint density at radius 1 is 0.589 bits per heavy atom. The minimum absolute atomic E-state index is 0.0705. The quantitative estimate of drug-likeness (QED) is 0.0653. The van der Waals surface area contributed by atoms with Crippen LogP contribution in [0.1, 0.15) is 79.7 Å². The topological polar surface area (TPSA) is 145 Å². The molecule has 73 heavy (non-hydrogen) atoms. The molecule has 3 aliphatic heterocycles. The first-order chi connectivity index (χ1) is 35.4. The fourth-order valence-corrected chi connectivity index (χ4v) is 15.6. The Bertz CT molecular complexity index is 2510. The van der Waals surface area contributed by atoms with Gasteiger partial charge in [-0.25, -0.2) is 9.59 Å². The van der Waals surface area contributed by atoms with Crippen LogP contribution >= 0.6 is 0 Å². The van der Waals surface area contributed by atoms with Crippen LogP contribution in [0.25, 0.3) is 0 Å². The summed E-state index contributed by atoms with van der Waals surface area (Å²) in [4.78, 5) is 28.2. The summed E-state index contributed by atoms with van der Waals surface area (Å²) < 4.78 is 81.5. The van der Waals surface area contributed by atoms with Gasteiger partial charge in [-0.3, -0.25) is 0 Å². The van der Waals surface area contributed by atoms with Crippen LogP contribution in [0.2, 0.25) is 5.04 Å². The zero-order valence-electron chi connectivity index (χ0n) is 42.7. The lowest BCUT2D eigenvalue weighted by atomic mass is 9.83. The van der Waals surface area contributed by atoms with Crippen LogP contribution in [0.3, 0.4) is 0 Å². The van der Waals surface area contributed by atoms with Crippen molar-refractivity contribution < 1.29 is 66.1 Å². The smallest absolute Gasteiger partial charge is 0.338 e. The first-order valence-corrected chi connectivity index (χ1v) is 27.1. The normalized spacial score (nSPS) is 30.3. The summed E-state index contributed by atoms with van der Waals surface area (Å²) in [6, 6.07) is 47.5. The summed E-state index contributed by atoms with van der Waals surface area (Å²) in [6.07, 6.45) is -8.24. The van der Waals surface area contributed by atoms with Gasteiger partial charge in [-0.1, -0.05) is 148 Å². The molecule has 9 rings (SSSR count). The predicted molar refractivity (Wildman–Crippen MR) is 272 cm³/mol. The Balaban J connectivity index is 1.11. The molecule has 0 spiro atoms. The third kappa shape index (κ3) is 10.6. The molecule has 0 bridgehead atoms. The van der Waals surface area contributed by atoms with Gasteiger partial charge < -0.3 is 56.5 Å². The number of carbonyl (C=O) groups excluding carboxylic acids is 2. The van der Waals surface area contributed by atoms with Crippen molar-refractivity contribution in [3.8, 4) is 0 Å². The van der Waals surface area contributed by atoms with Crippen molar-refractivity contribution in [3.63, 3.8) is 0 Å². The van der Waals surface area contributed by atoms with Crippen LogP contribution in [-0.2, 0) is 63.1 Å². The maximum absolute atomic E-state index is 14.3. The van der Waals surface area contributed by atoms with E-state index in [1.807, 2.05) is 72.8 Å². The van der Waals surface area contributed by atoms with E-state index in [-0.39, 0.29) is 23.8 Å². The molecule has 3 heterocycles. The van der Waals surface area contributed by atoms with Gasteiger partial charge in [0.15, 0.2) is 24.8 Å². The third-order valence-corrected chi connectivity index (χ3v) is 19.7. The number of methoxy groups -OCH3 is 3. The summed E-state index contributed by atoms with van der Waals surface area (Å²) in [6.45, 7) is 8.56. The second-order valence-corrected chi connectivity index (χ2v) is 24.4. The SMILES string of the molecule is CO[C@H]1O[C@H](CO[Si](c2ccccc2)(c2ccccc2)C(C)(C)C)[C@H]2O[C@@]3(OC)CCCC[C@]3(OC)O[C@@H]2[C@@H]1O[C@@H]1O[C@@H](C)[C@H](OC(=O)c2ccccc2)[C@@H](OCc2ccccc2)[C@H]1OC(=O)c1ccccc1. The molecule has 15 heteroatoms. The molecular formula is C58H68O14Si. The number of benzene rings is 5. The highest BCUT2D eigenvalue weighted by molar-refractivity contribution is 6.99. The molecule has 1 aliphatic carbocycles. The number of hydrogen-bond acceptors (Lipinski definition) is 14. The maximum atomic E-state index is 14.3. The lowest BCUT2D eigenvalue weighted by molar-refractivity contribution is -0.501. The third-order valence-electron chi connectivity index (χ3n) is 14.7. The second kappa shape index (κ2) is 22.8. The fourth-order valence-electron chi connectivity index (χ4n) is 11.0. The molecule has 3 saturated heterocycles. The molecular weight excluding hydrogens is 949 g/mol. The molecule has 4 aliphatic rings. The molecule has 0 amide bonds. The van der Waals surface area contributed by atoms with E-state index in [9.17, 15) is 9.59 Å². The van der Waals surface area contributed by atoms with Gasteiger partial charge in [-0.05, 0) is 65.0 Å². The first-order valence-electron chi connectivity index (χ1n) is 25.2. The Morgan fingerprint density at radius 2 is 1.07 bits per heavy atom. The number of fused-ring (bicyclic) bond motifs is 2. The van der Waals surface area contributed by atoms with E-state index in [0.29, 0.717) is 18.4 Å². The van der Waals surface area contributed by atoms with Crippen LogP contribution < -0.4 is 10.4 Å². The Kier molecular flexibility index (Phi) is 16.4. The second-order valence-electron chi connectivity index (χ2n) is 20.1. The van der Waals surface area contributed by atoms with Crippen LogP contribution in [-0.4, -0.2) is 121 Å². The van der Waals surface area contributed by atoms with E-state index in [1.54, 1.807) is 75.7 Å². The number of ether oxygens (including phenoxy) is 11. The van der Waals surface area contributed by atoms with E-state index < -0.39 is 93.2 Å². The van der Waals surface area contributed by atoms with Gasteiger partial charge in [0.05, 0.1) is 30.4 Å². The number of hydrogen-bond donors (Lipinski definition) is 0. The van der Waals surface area contributed by atoms with Crippen LogP contribution in [0.5, 0.6) is 0 Å². The van der Waals surface area contributed by atoms with E-state index in [1.165, 1.54) is 7.11 Å². The average molecular weight is 1020 g/mol. The Labute approximate surface area is 429 Å². The van der Waals surface area contributed by atoms with Gasteiger partial charge in [0.2, 0.25) is 11.6 Å². The van der Waals surface area contributed by atoms with E-state index in [2.05, 4.69) is 45.0 Å². The van der Waals surface area contributed by atoms with Gasteiger partial charge >= 0.3 is 11.9 Å². The van der Waals surface area contributed by atoms with Crippen molar-refractivity contribution in [2.45, 2.75) is 138 Å². The highest BCUT2D eigenvalue weighted by atomic mass is 28.4. The van der Waals surface area contributed by atoms with Gasteiger partial charge in [-0.15, -0.1) is 0 Å². The molecule has 1 saturated carbocycles. The molecule has 0 aromatic heterocycles. The molecule has 14 nitrogen and oxygen atoms in total. The van der Waals surface area contributed by atoms with Crippen molar-refractivity contribution in [2.24, 2.45) is 0 Å². The number of esters is 2. The zero-order valence-corrected chi connectivity index (χ0v) is 43.7. The molecule has 388 valence electrons. The highest BCUT2D eigenvalue weighted by Gasteiger charge is 2.68. The Morgan fingerprint density at radius 3 is 1.56 bits per heavy atom. The highest BCUT2D eigenvalue weighted by Crippen LogP contribution is 2.52. The lowest BCUT2D eigenvalue weighted by Gasteiger charge is -2.61. The average Bonchev–Trinajstić information content (AvgIpc) is 3.42. The van der Waals surface area contributed by atoms with Crippen molar-refractivity contribution in [3.05, 3.63) is 168 Å². The van der Waals surface area contributed by atoms with Crippen molar-refractivity contribution in [1.29, 1.82) is 0 Å². The maximum Gasteiger partial charge on any atom is 0.338 e. The standard InChI is InChI=1S/C58H68O14Si/c1-39-46(68-52(59)41-27-15-9-16-28-41)48(64-37-40-25-13-8-14-26-40)50(69-53(60)42-29-17-10-18-30-42)55(66-39)70-51-49-47(71-57(62-6)35-23-24-36-58(57,63-7)72-49)45(67-54(51)61-5)38-65-73(56(2,3)4,43-31-19-11-20-32-43)44-33-21-12-22-34-44/h8-22,25-34,39,45-51,54-55H,23-24,35-38H2,1-7H3/t39-,45+,46-,47+,48+,49-,50+,51-,54-,55-,57-,58-/m0/s1. The first kappa shape index (κ1) is 52.7. The monoisotopic (exact) mass is 1020 g/mol. The van der Waals surface area contributed by atoms with Gasteiger partial charge in [0.25, 0.3) is 8.32 Å². The summed E-state index contributed by atoms with van der Waals surface area (Å²) in [5.41, 5.74) is 1.44. The van der Waals surface area contributed by atoms with Gasteiger partial charge in [0.1, 0.15) is 30.5 Å². The summed E-state index contributed by atoms with van der Waals surface area (Å²) in [5.74, 6) is -3.99. The summed E-state index contributed by atoms with van der Waals surface area (Å²) in [7, 11) is 1.60. The lowest BCUT2D eigenvalue weighted by Crippen LogP contribution is -2.76. The van der Waals surface area contributed by atoms with Crippen molar-refractivity contribution in [2.75, 3.05) is 27.9 Å². The summed E-state index contributed by atoms with van der Waals surface area (Å²) in [5, 5.41) is 1.85. The van der Waals surface area contributed by atoms with Gasteiger partial charge in [-0.2, -0.15) is 0 Å². The van der Waals surface area contributed by atoms with Crippen LogP contribution in [0.15, 0.2) is 152 Å².